The second-order valence-electron chi connectivity index (χ2n) is 4.95. The Kier molecular flexibility index (Phi) is 4.33. The summed E-state index contributed by atoms with van der Waals surface area (Å²) in [7, 11) is 0. The van der Waals surface area contributed by atoms with Gasteiger partial charge in [0.25, 0.3) is 0 Å². The lowest BCUT2D eigenvalue weighted by molar-refractivity contribution is 0.958. The first-order chi connectivity index (χ1) is 10.7. The normalized spacial score (nSPS) is 10.4. The second-order valence-corrected chi connectivity index (χ2v) is 6.24. The van der Waals surface area contributed by atoms with Crippen LogP contribution < -0.4 is 0 Å². The van der Waals surface area contributed by atoms with E-state index in [-0.39, 0.29) is 0 Å². The van der Waals surface area contributed by atoms with E-state index in [0.29, 0.717) is 5.56 Å². The van der Waals surface area contributed by atoms with Crippen molar-refractivity contribution in [2.75, 3.05) is 0 Å². The highest BCUT2D eigenvalue weighted by Crippen LogP contribution is 2.23. The van der Waals surface area contributed by atoms with Crippen LogP contribution in [0.5, 0.6) is 0 Å². The molecule has 22 heavy (non-hydrogen) atoms. The predicted octanol–water partition coefficient (Wildman–Crippen LogP) is 5.36. The molecule has 0 aliphatic rings. The lowest BCUT2D eigenvalue weighted by Gasteiger charge is -2.11. The fourth-order valence-electron chi connectivity index (χ4n) is 2.41. The average molecular weight is 372 g/mol. The molecule has 0 bridgehead atoms. The molecule has 1 aromatic heterocycles. The molecule has 2 nitrogen and oxygen atoms in total. The topological polar surface area (TPSA) is 28.7 Å². The van der Waals surface area contributed by atoms with Gasteiger partial charge in [-0.15, -0.1) is 0 Å². The highest BCUT2D eigenvalue weighted by Gasteiger charge is 2.07. The lowest BCUT2D eigenvalue weighted by Crippen LogP contribution is -2.00. The Balaban J connectivity index is 1.95. The minimum atomic E-state index is 0.632. The molecule has 0 atom stereocenters. The highest BCUT2D eigenvalue weighted by molar-refractivity contribution is 9.10. The molecule has 3 aromatic rings. The van der Waals surface area contributed by atoms with Crippen molar-refractivity contribution in [1.29, 1.82) is 5.26 Å². The molecule has 4 heteroatoms. The van der Waals surface area contributed by atoms with Crippen molar-refractivity contribution in [3.05, 3.63) is 87.1 Å². The summed E-state index contributed by atoms with van der Waals surface area (Å²) in [5, 5.41) is 9.76. The lowest BCUT2D eigenvalue weighted by atomic mass is 10.1. The van der Waals surface area contributed by atoms with Gasteiger partial charge in [0, 0.05) is 33.5 Å². The minimum Gasteiger partial charge on any atom is -0.321 e. The Morgan fingerprint density at radius 3 is 2.68 bits per heavy atom. The molecule has 0 radical (unpaired) electrons. The number of aromatic nitrogens is 1. The first kappa shape index (κ1) is 14.9. The number of hydrogen-bond donors (Lipinski definition) is 0. The number of nitrogens with zero attached hydrogens (tertiary/aromatic N) is 2. The van der Waals surface area contributed by atoms with Gasteiger partial charge in [-0.2, -0.15) is 5.26 Å². The Morgan fingerprint density at radius 1 is 1.09 bits per heavy atom. The minimum absolute atomic E-state index is 0.632. The van der Waals surface area contributed by atoms with Crippen LogP contribution in [-0.2, 0) is 6.42 Å². The molecule has 0 amide bonds. The van der Waals surface area contributed by atoms with Gasteiger partial charge in [0.05, 0.1) is 5.56 Å². The van der Waals surface area contributed by atoms with Crippen LogP contribution >= 0.6 is 27.5 Å². The standard InChI is InChI=1S/C18H12BrClN2/c19-18-11-17(7-6-14(18)12-21)22-8-2-5-16(22)10-13-3-1-4-15(20)9-13/h1-9,11H,10H2. The number of benzene rings is 2. The van der Waals surface area contributed by atoms with Crippen molar-refractivity contribution in [3.8, 4) is 11.8 Å². The fraction of sp³-hybridized carbons (Fsp3) is 0.0556. The van der Waals surface area contributed by atoms with Gasteiger partial charge in [0.1, 0.15) is 6.07 Å². The molecule has 0 spiro atoms. The van der Waals surface area contributed by atoms with Crippen LogP contribution in [0, 0.1) is 11.3 Å². The summed E-state index contributed by atoms with van der Waals surface area (Å²) in [6, 6.07) is 19.9. The third-order valence-electron chi connectivity index (χ3n) is 3.46. The van der Waals surface area contributed by atoms with Gasteiger partial charge in [-0.1, -0.05) is 23.7 Å². The molecule has 0 aliphatic heterocycles. The van der Waals surface area contributed by atoms with Gasteiger partial charge < -0.3 is 4.57 Å². The number of rotatable bonds is 3. The van der Waals surface area contributed by atoms with E-state index in [1.165, 1.54) is 11.3 Å². The summed E-state index contributed by atoms with van der Waals surface area (Å²) in [4.78, 5) is 0. The van der Waals surface area contributed by atoms with Crippen LogP contribution in [0.15, 0.2) is 65.3 Å². The molecule has 0 saturated heterocycles. The van der Waals surface area contributed by atoms with E-state index in [1.54, 1.807) is 0 Å². The summed E-state index contributed by atoms with van der Waals surface area (Å²) < 4.78 is 2.92. The van der Waals surface area contributed by atoms with E-state index < -0.39 is 0 Å². The summed E-state index contributed by atoms with van der Waals surface area (Å²) in [6.45, 7) is 0. The third kappa shape index (κ3) is 3.09. The maximum Gasteiger partial charge on any atom is 0.100 e. The van der Waals surface area contributed by atoms with E-state index in [0.717, 1.165) is 21.6 Å². The van der Waals surface area contributed by atoms with Gasteiger partial charge in [-0.25, -0.2) is 0 Å². The molecule has 0 saturated carbocycles. The zero-order valence-electron chi connectivity index (χ0n) is 11.6. The summed E-state index contributed by atoms with van der Waals surface area (Å²) >= 11 is 9.49. The zero-order valence-corrected chi connectivity index (χ0v) is 14.0. The van der Waals surface area contributed by atoms with E-state index in [1.807, 2.05) is 48.7 Å². The molecular weight excluding hydrogens is 360 g/mol. The van der Waals surface area contributed by atoms with Gasteiger partial charge in [0.2, 0.25) is 0 Å². The van der Waals surface area contributed by atoms with Crippen molar-refractivity contribution in [2.24, 2.45) is 0 Å². The van der Waals surface area contributed by atoms with Gasteiger partial charge >= 0.3 is 0 Å². The maximum absolute atomic E-state index is 9.02. The molecule has 3 rings (SSSR count). The molecule has 2 aromatic carbocycles. The fourth-order valence-corrected chi connectivity index (χ4v) is 3.08. The van der Waals surface area contributed by atoms with E-state index in [2.05, 4.69) is 38.7 Å². The number of hydrogen-bond acceptors (Lipinski definition) is 1. The average Bonchev–Trinajstić information content (AvgIpc) is 2.95. The number of nitriles is 1. The van der Waals surface area contributed by atoms with Crippen LogP contribution in [0.4, 0.5) is 0 Å². The Morgan fingerprint density at radius 2 is 1.95 bits per heavy atom. The molecule has 1 heterocycles. The monoisotopic (exact) mass is 370 g/mol. The third-order valence-corrected chi connectivity index (χ3v) is 4.35. The molecular formula is C18H12BrClN2. The first-order valence-corrected chi connectivity index (χ1v) is 7.95. The van der Waals surface area contributed by atoms with Gasteiger partial charge in [-0.3, -0.25) is 0 Å². The molecule has 0 unspecified atom stereocenters. The van der Waals surface area contributed by atoms with Gasteiger partial charge in [0.15, 0.2) is 0 Å². The van der Waals surface area contributed by atoms with Crippen LogP contribution in [0.3, 0.4) is 0 Å². The van der Waals surface area contributed by atoms with E-state index in [9.17, 15) is 0 Å². The van der Waals surface area contributed by atoms with Gasteiger partial charge in [-0.05, 0) is 64.0 Å². The Labute approximate surface area is 142 Å². The summed E-state index contributed by atoms with van der Waals surface area (Å²) in [5.41, 5.74) is 3.99. The SMILES string of the molecule is N#Cc1ccc(-n2cccc2Cc2cccc(Cl)c2)cc1Br. The zero-order chi connectivity index (χ0) is 15.5. The van der Waals surface area contributed by atoms with Crippen LogP contribution in [-0.4, -0.2) is 4.57 Å². The van der Waals surface area contributed by atoms with Crippen LogP contribution in [0.2, 0.25) is 5.02 Å². The predicted molar refractivity (Wildman–Crippen MR) is 92.4 cm³/mol. The van der Waals surface area contributed by atoms with E-state index >= 15 is 0 Å². The van der Waals surface area contributed by atoms with E-state index in [4.69, 9.17) is 16.9 Å². The maximum atomic E-state index is 9.02. The quantitative estimate of drug-likeness (QED) is 0.609. The Bertz CT molecular complexity index is 862. The number of halogens is 2. The Hall–Kier alpha value is -2.02. The molecule has 0 fully saturated rings. The highest BCUT2D eigenvalue weighted by atomic mass is 79.9. The van der Waals surface area contributed by atoms with Crippen molar-refractivity contribution in [2.45, 2.75) is 6.42 Å². The van der Waals surface area contributed by atoms with Crippen molar-refractivity contribution in [1.82, 2.24) is 4.57 Å². The van der Waals surface area contributed by atoms with Crippen molar-refractivity contribution in [3.63, 3.8) is 0 Å². The smallest absolute Gasteiger partial charge is 0.100 e. The second kappa shape index (κ2) is 6.39. The largest absolute Gasteiger partial charge is 0.321 e. The first-order valence-electron chi connectivity index (χ1n) is 6.78. The molecule has 108 valence electrons. The van der Waals surface area contributed by atoms with Crippen molar-refractivity contribution >= 4 is 27.5 Å². The van der Waals surface area contributed by atoms with Crippen LogP contribution in [0.1, 0.15) is 16.8 Å². The van der Waals surface area contributed by atoms with Crippen molar-refractivity contribution < 1.29 is 0 Å². The summed E-state index contributed by atoms with van der Waals surface area (Å²) in [6.07, 6.45) is 2.82. The molecule has 0 N–H and O–H groups in total. The summed E-state index contributed by atoms with van der Waals surface area (Å²) in [5.74, 6) is 0. The molecule has 0 aliphatic carbocycles. The van der Waals surface area contributed by atoms with Crippen LogP contribution in [0.25, 0.3) is 5.69 Å².